The molecule has 7 N–H and O–H groups in total. The van der Waals surface area contributed by atoms with Gasteiger partial charge in [-0.05, 0) is 25.6 Å². The first kappa shape index (κ1) is 23.7. The zero-order chi connectivity index (χ0) is 15.5. The van der Waals surface area contributed by atoms with Gasteiger partial charge in [-0.2, -0.15) is 0 Å². The number of halogens is 2. The first-order chi connectivity index (χ1) is 9.15. The van der Waals surface area contributed by atoms with Crippen LogP contribution in [0.25, 0.3) is 0 Å². The fourth-order valence-electron chi connectivity index (χ4n) is 2.55. The van der Waals surface area contributed by atoms with Crippen molar-refractivity contribution in [2.75, 3.05) is 13.1 Å². The van der Waals surface area contributed by atoms with Crippen molar-refractivity contribution in [3.63, 3.8) is 0 Å². The highest BCUT2D eigenvalue weighted by Gasteiger charge is 2.44. The second-order valence-corrected chi connectivity index (χ2v) is 5.60. The lowest BCUT2D eigenvalue weighted by atomic mass is 9.75. The van der Waals surface area contributed by atoms with E-state index in [0.717, 1.165) is 0 Å². The van der Waals surface area contributed by atoms with Crippen molar-refractivity contribution in [1.82, 2.24) is 4.90 Å². The van der Waals surface area contributed by atoms with Crippen molar-refractivity contribution in [3.8, 4) is 0 Å². The number of carbonyl (C=O) groups excluding carboxylic acids is 1. The normalized spacial score (nSPS) is 25.5. The average molecular weight is 360 g/mol. The number of carbonyl (C=O) groups is 2. The first-order valence-corrected chi connectivity index (χ1v) is 6.58. The fraction of sp³-hybridized carbons (Fsp3) is 0.818. The summed E-state index contributed by atoms with van der Waals surface area (Å²) < 4.78 is 0. The zero-order valence-electron chi connectivity index (χ0n) is 12.3. The van der Waals surface area contributed by atoms with Crippen LogP contribution in [0.1, 0.15) is 19.8 Å². The lowest BCUT2D eigenvalue weighted by molar-refractivity contribution is -0.149. The molecule has 3 atom stereocenters. The van der Waals surface area contributed by atoms with Gasteiger partial charge < -0.3 is 31.5 Å². The number of rotatable bonds is 5. The molecule has 0 saturated carbocycles. The summed E-state index contributed by atoms with van der Waals surface area (Å²) in [4.78, 5) is 24.6. The monoisotopic (exact) mass is 359 g/mol. The Morgan fingerprint density at radius 1 is 1.41 bits per heavy atom. The summed E-state index contributed by atoms with van der Waals surface area (Å²) >= 11 is 0. The standard InChI is InChI=1S/C11H22BN3O5.2ClH/c1-7(13)9(16)15-5-8(2-3-12(19)20)4-11(14,6-15)10(17)18;;/h7-8,19-20H,2-6,13-14H2,1H3,(H,17,18);2*1H/t7-,8+,11-;;/m0../s1. The Balaban J connectivity index is 0. The molecule has 130 valence electrons. The van der Waals surface area contributed by atoms with Gasteiger partial charge in [0, 0.05) is 13.1 Å². The van der Waals surface area contributed by atoms with E-state index < -0.39 is 24.7 Å². The number of nitrogens with two attached hydrogens (primary N) is 2. The highest BCUT2D eigenvalue weighted by atomic mass is 35.5. The van der Waals surface area contributed by atoms with Gasteiger partial charge >= 0.3 is 13.1 Å². The molecule has 11 heteroatoms. The van der Waals surface area contributed by atoms with Crippen molar-refractivity contribution >= 4 is 43.8 Å². The van der Waals surface area contributed by atoms with E-state index in [4.69, 9.17) is 21.5 Å². The molecule has 0 bridgehead atoms. The van der Waals surface area contributed by atoms with Crippen molar-refractivity contribution in [3.05, 3.63) is 0 Å². The van der Waals surface area contributed by atoms with E-state index in [-0.39, 0.29) is 55.9 Å². The van der Waals surface area contributed by atoms with Crippen LogP contribution < -0.4 is 11.5 Å². The number of hydrogen-bond donors (Lipinski definition) is 5. The topological polar surface area (TPSA) is 150 Å². The Hall–Kier alpha value is -0.575. The molecule has 1 aliphatic rings. The van der Waals surface area contributed by atoms with Crippen LogP contribution in [0.2, 0.25) is 6.32 Å². The molecular formula is C11H24BCl2N3O5. The first-order valence-electron chi connectivity index (χ1n) is 6.58. The van der Waals surface area contributed by atoms with Crippen molar-refractivity contribution in [2.24, 2.45) is 17.4 Å². The predicted octanol–water partition coefficient (Wildman–Crippen LogP) is -1.33. The van der Waals surface area contributed by atoms with Gasteiger partial charge in [-0.25, -0.2) is 0 Å². The maximum absolute atomic E-state index is 11.9. The number of nitrogens with zero attached hydrogens (tertiary/aromatic N) is 1. The molecule has 8 nitrogen and oxygen atoms in total. The highest BCUT2D eigenvalue weighted by molar-refractivity contribution is 6.40. The average Bonchev–Trinajstić information content (AvgIpc) is 2.34. The van der Waals surface area contributed by atoms with E-state index in [0.29, 0.717) is 13.0 Å². The third-order valence-electron chi connectivity index (χ3n) is 3.56. The van der Waals surface area contributed by atoms with Gasteiger partial charge in [0.1, 0.15) is 5.54 Å². The van der Waals surface area contributed by atoms with Gasteiger partial charge in [-0.1, -0.05) is 6.42 Å². The molecule has 0 unspecified atom stereocenters. The molecular weight excluding hydrogens is 336 g/mol. The molecule has 0 aromatic carbocycles. The number of carboxylic acid groups (broad SMARTS) is 1. The van der Waals surface area contributed by atoms with Crippen LogP contribution in [-0.4, -0.2) is 63.7 Å². The highest BCUT2D eigenvalue weighted by Crippen LogP contribution is 2.28. The van der Waals surface area contributed by atoms with Gasteiger partial charge in [-0.15, -0.1) is 24.8 Å². The van der Waals surface area contributed by atoms with Crippen LogP contribution in [0.3, 0.4) is 0 Å². The van der Waals surface area contributed by atoms with Crippen LogP contribution in [0.4, 0.5) is 0 Å². The van der Waals surface area contributed by atoms with Crippen LogP contribution in [0.15, 0.2) is 0 Å². The van der Waals surface area contributed by atoms with E-state index in [1.54, 1.807) is 0 Å². The van der Waals surface area contributed by atoms with Gasteiger partial charge in [0.2, 0.25) is 5.91 Å². The van der Waals surface area contributed by atoms with Crippen molar-refractivity contribution < 1.29 is 24.7 Å². The molecule has 1 heterocycles. The summed E-state index contributed by atoms with van der Waals surface area (Å²) in [6.45, 7) is 1.78. The van der Waals surface area contributed by atoms with Crippen molar-refractivity contribution in [2.45, 2.75) is 37.7 Å². The second kappa shape index (κ2) is 9.54. The Labute approximate surface area is 142 Å². The van der Waals surface area contributed by atoms with E-state index in [2.05, 4.69) is 0 Å². The maximum Gasteiger partial charge on any atom is 0.451 e. The molecule has 0 aromatic heterocycles. The Morgan fingerprint density at radius 2 is 1.95 bits per heavy atom. The third-order valence-corrected chi connectivity index (χ3v) is 3.56. The van der Waals surface area contributed by atoms with E-state index in [9.17, 15) is 14.7 Å². The second-order valence-electron chi connectivity index (χ2n) is 5.60. The SMILES string of the molecule is C[C@H](N)C(=O)N1C[C@H](CCB(O)O)C[C@@](N)(C(=O)O)C1.Cl.Cl. The van der Waals surface area contributed by atoms with Gasteiger partial charge in [0.15, 0.2) is 0 Å². The summed E-state index contributed by atoms with van der Waals surface area (Å²) in [6.07, 6.45) is 0.686. The summed E-state index contributed by atoms with van der Waals surface area (Å²) in [5, 5.41) is 27.0. The molecule has 0 aromatic rings. The molecule has 1 amide bonds. The summed E-state index contributed by atoms with van der Waals surface area (Å²) in [5.41, 5.74) is 9.89. The quantitative estimate of drug-likeness (QED) is 0.381. The molecule has 1 fully saturated rings. The Morgan fingerprint density at radius 3 is 2.36 bits per heavy atom. The van der Waals surface area contributed by atoms with Crippen molar-refractivity contribution in [1.29, 1.82) is 0 Å². The lowest BCUT2D eigenvalue weighted by Gasteiger charge is -2.42. The summed E-state index contributed by atoms with van der Waals surface area (Å²) in [7, 11) is -1.45. The molecule has 1 saturated heterocycles. The molecule has 1 rings (SSSR count). The van der Waals surface area contributed by atoms with Gasteiger partial charge in [0.05, 0.1) is 6.04 Å². The maximum atomic E-state index is 11.9. The Bertz CT molecular complexity index is 389. The predicted molar refractivity (Wildman–Crippen MR) is 87.0 cm³/mol. The van der Waals surface area contributed by atoms with E-state index in [1.807, 2.05) is 0 Å². The van der Waals surface area contributed by atoms with Crippen LogP contribution in [-0.2, 0) is 9.59 Å². The number of hydrogen-bond acceptors (Lipinski definition) is 6. The summed E-state index contributed by atoms with van der Waals surface area (Å²) in [6, 6.07) is -0.727. The van der Waals surface area contributed by atoms with Gasteiger partial charge in [0.25, 0.3) is 0 Å². The third kappa shape index (κ3) is 6.27. The Kier molecular flexibility index (Phi) is 10.3. The minimum Gasteiger partial charge on any atom is -0.480 e. The summed E-state index contributed by atoms with van der Waals surface area (Å²) in [5.74, 6) is -1.72. The number of aliphatic carboxylic acids is 1. The molecule has 0 aliphatic carbocycles. The zero-order valence-corrected chi connectivity index (χ0v) is 14.0. The lowest BCUT2D eigenvalue weighted by Crippen LogP contribution is -2.64. The van der Waals surface area contributed by atoms with Gasteiger partial charge in [-0.3, -0.25) is 9.59 Å². The minimum absolute atomic E-state index is 0. The number of amides is 1. The van der Waals surface area contributed by atoms with Crippen LogP contribution in [0, 0.1) is 5.92 Å². The largest absolute Gasteiger partial charge is 0.480 e. The molecule has 22 heavy (non-hydrogen) atoms. The molecule has 0 spiro atoms. The molecule has 1 aliphatic heterocycles. The van der Waals surface area contributed by atoms with Crippen LogP contribution >= 0.6 is 24.8 Å². The molecule has 0 radical (unpaired) electrons. The number of likely N-dealkylation sites (tertiary alicyclic amines) is 1. The fourth-order valence-corrected chi connectivity index (χ4v) is 2.55. The smallest absolute Gasteiger partial charge is 0.451 e. The van der Waals surface area contributed by atoms with E-state index in [1.165, 1.54) is 11.8 Å². The number of piperidine rings is 1. The van der Waals surface area contributed by atoms with Crippen LogP contribution in [0.5, 0.6) is 0 Å². The number of carboxylic acids is 1. The van der Waals surface area contributed by atoms with E-state index >= 15 is 0 Å². The minimum atomic E-state index is -1.52.